The molecule has 0 fully saturated rings. The zero-order valence-corrected chi connectivity index (χ0v) is 23.2. The van der Waals surface area contributed by atoms with E-state index in [1.807, 2.05) is 63.2 Å². The van der Waals surface area contributed by atoms with Gasteiger partial charge in [-0.1, -0.05) is 70.2 Å². The third-order valence-corrected chi connectivity index (χ3v) is 7.54. The zero-order valence-electron chi connectivity index (χ0n) is 22.4. The van der Waals surface area contributed by atoms with Crippen molar-refractivity contribution in [1.29, 1.82) is 0 Å². The summed E-state index contributed by atoms with van der Waals surface area (Å²) >= 11 is 0. The number of rotatable bonds is 13. The van der Waals surface area contributed by atoms with Crippen molar-refractivity contribution in [1.82, 2.24) is 10.2 Å². The van der Waals surface area contributed by atoms with Crippen LogP contribution in [0.25, 0.3) is 0 Å². The average molecular weight is 516 g/mol. The summed E-state index contributed by atoms with van der Waals surface area (Å²) in [6.07, 6.45) is 2.85. The monoisotopic (exact) mass is 515 g/mol. The Morgan fingerprint density at radius 2 is 1.53 bits per heavy atom. The molecule has 0 aliphatic heterocycles. The van der Waals surface area contributed by atoms with Crippen LogP contribution in [0.5, 0.6) is 0 Å². The predicted octanol–water partition coefficient (Wildman–Crippen LogP) is 4.34. The van der Waals surface area contributed by atoms with E-state index in [9.17, 15) is 18.0 Å². The van der Waals surface area contributed by atoms with Crippen LogP contribution in [0.4, 0.5) is 5.69 Å². The van der Waals surface area contributed by atoms with Gasteiger partial charge in [-0.3, -0.25) is 13.9 Å². The Morgan fingerprint density at radius 1 is 0.917 bits per heavy atom. The predicted molar refractivity (Wildman–Crippen MR) is 147 cm³/mol. The first kappa shape index (κ1) is 29.4. The van der Waals surface area contributed by atoms with Gasteiger partial charge in [-0.2, -0.15) is 0 Å². The van der Waals surface area contributed by atoms with Gasteiger partial charge in [-0.25, -0.2) is 8.42 Å². The summed E-state index contributed by atoms with van der Waals surface area (Å²) in [5, 5.41) is 2.98. The minimum absolute atomic E-state index is 0.0235. The van der Waals surface area contributed by atoms with Gasteiger partial charge in [0.05, 0.1) is 11.9 Å². The summed E-state index contributed by atoms with van der Waals surface area (Å²) in [5.41, 5.74) is 2.54. The molecule has 2 atom stereocenters. The first-order chi connectivity index (χ1) is 17.0. The number of carbonyl (C=O) groups is 2. The van der Waals surface area contributed by atoms with Gasteiger partial charge in [0.1, 0.15) is 12.6 Å². The number of amides is 2. The average Bonchev–Trinajstić information content (AvgIpc) is 2.84. The zero-order chi connectivity index (χ0) is 26.9. The lowest BCUT2D eigenvalue weighted by Crippen LogP contribution is -2.54. The second kappa shape index (κ2) is 13.4. The molecular formula is C28H41N3O4S. The van der Waals surface area contributed by atoms with Crippen LogP contribution in [0.1, 0.15) is 64.5 Å². The van der Waals surface area contributed by atoms with Crippen molar-refractivity contribution in [3.63, 3.8) is 0 Å². The maximum atomic E-state index is 13.7. The van der Waals surface area contributed by atoms with E-state index in [4.69, 9.17) is 0 Å². The number of benzene rings is 2. The largest absolute Gasteiger partial charge is 0.352 e. The molecule has 2 aromatic rings. The van der Waals surface area contributed by atoms with E-state index in [1.165, 1.54) is 4.90 Å². The highest BCUT2D eigenvalue weighted by Crippen LogP contribution is 2.22. The Balaban J connectivity index is 2.36. The SMILES string of the molecule is CC[C@H](C)NC(=O)[C@H](CC)N(CCc1ccccc1)C(=O)CN(c1ccc(C(C)C)cc1)S(C)(=O)=O. The van der Waals surface area contributed by atoms with Crippen molar-refractivity contribution in [2.75, 3.05) is 23.7 Å². The highest BCUT2D eigenvalue weighted by molar-refractivity contribution is 7.92. The molecule has 2 rings (SSSR count). The van der Waals surface area contributed by atoms with E-state index < -0.39 is 22.0 Å². The number of nitrogens with one attached hydrogen (secondary N) is 1. The molecule has 0 aromatic heterocycles. The molecule has 0 aliphatic rings. The maximum absolute atomic E-state index is 13.7. The first-order valence-corrected chi connectivity index (χ1v) is 14.5. The van der Waals surface area contributed by atoms with Crippen LogP contribution in [0, 0.1) is 0 Å². The molecule has 0 radical (unpaired) electrons. The molecule has 0 unspecified atom stereocenters. The van der Waals surface area contributed by atoms with Gasteiger partial charge in [0.25, 0.3) is 0 Å². The van der Waals surface area contributed by atoms with Crippen molar-refractivity contribution in [2.45, 2.75) is 71.9 Å². The standard InChI is InChI=1S/C28H41N3O4S/c1-7-22(5)29-28(33)26(8-2)30(19-18-23-12-10-9-11-13-23)27(32)20-31(36(6,34)35)25-16-14-24(15-17-25)21(3)4/h9-17,21-22,26H,7-8,18-20H2,1-6H3,(H,29,33)/t22-,26-/m0/s1. The molecule has 2 amide bonds. The second-order valence-electron chi connectivity index (χ2n) is 9.58. The van der Waals surface area contributed by atoms with Crippen LogP contribution < -0.4 is 9.62 Å². The maximum Gasteiger partial charge on any atom is 0.244 e. The van der Waals surface area contributed by atoms with Crippen molar-refractivity contribution >= 4 is 27.5 Å². The fourth-order valence-electron chi connectivity index (χ4n) is 3.98. The summed E-state index contributed by atoms with van der Waals surface area (Å²) in [7, 11) is -3.74. The summed E-state index contributed by atoms with van der Waals surface area (Å²) < 4.78 is 26.6. The van der Waals surface area contributed by atoms with E-state index in [0.29, 0.717) is 31.0 Å². The number of nitrogens with zero attached hydrogens (tertiary/aromatic N) is 2. The molecule has 8 heteroatoms. The number of sulfonamides is 1. The Hall–Kier alpha value is -2.87. The summed E-state index contributed by atoms with van der Waals surface area (Å²) in [6, 6.07) is 16.2. The topological polar surface area (TPSA) is 86.8 Å². The van der Waals surface area contributed by atoms with Gasteiger partial charge in [0.15, 0.2) is 0 Å². The fraction of sp³-hybridized carbons (Fsp3) is 0.500. The molecule has 0 heterocycles. The number of hydrogen-bond acceptors (Lipinski definition) is 4. The van der Waals surface area contributed by atoms with Gasteiger partial charge in [-0.05, 0) is 55.4 Å². The van der Waals surface area contributed by atoms with Crippen LogP contribution >= 0.6 is 0 Å². The molecule has 0 aliphatic carbocycles. The molecule has 0 saturated heterocycles. The molecule has 7 nitrogen and oxygen atoms in total. The van der Waals surface area contributed by atoms with E-state index in [0.717, 1.165) is 28.1 Å². The smallest absolute Gasteiger partial charge is 0.244 e. The number of carbonyl (C=O) groups excluding carboxylic acids is 2. The van der Waals surface area contributed by atoms with Crippen LogP contribution in [-0.2, 0) is 26.0 Å². The molecular weight excluding hydrogens is 474 g/mol. The van der Waals surface area contributed by atoms with Crippen LogP contribution in [0.3, 0.4) is 0 Å². The van der Waals surface area contributed by atoms with Gasteiger partial charge in [-0.15, -0.1) is 0 Å². The summed E-state index contributed by atoms with van der Waals surface area (Å²) in [6.45, 7) is 9.83. The van der Waals surface area contributed by atoms with E-state index in [-0.39, 0.29) is 18.5 Å². The third kappa shape index (κ3) is 8.36. The lowest BCUT2D eigenvalue weighted by Gasteiger charge is -2.33. The van der Waals surface area contributed by atoms with Gasteiger partial charge < -0.3 is 10.2 Å². The molecule has 0 saturated carbocycles. The number of hydrogen-bond donors (Lipinski definition) is 1. The fourth-order valence-corrected chi connectivity index (χ4v) is 4.83. The molecule has 36 heavy (non-hydrogen) atoms. The highest BCUT2D eigenvalue weighted by Gasteiger charge is 2.31. The van der Waals surface area contributed by atoms with Crippen molar-refractivity contribution in [3.8, 4) is 0 Å². The Kier molecular flexibility index (Phi) is 11.0. The van der Waals surface area contributed by atoms with Gasteiger partial charge in [0, 0.05) is 12.6 Å². The third-order valence-electron chi connectivity index (χ3n) is 6.40. The minimum Gasteiger partial charge on any atom is -0.352 e. The Morgan fingerprint density at radius 3 is 2.03 bits per heavy atom. The summed E-state index contributed by atoms with van der Waals surface area (Å²) in [5.74, 6) is -0.328. The van der Waals surface area contributed by atoms with Crippen LogP contribution in [-0.4, -0.2) is 56.6 Å². The lowest BCUT2D eigenvalue weighted by molar-refractivity contribution is -0.139. The lowest BCUT2D eigenvalue weighted by atomic mass is 10.0. The van der Waals surface area contributed by atoms with Crippen molar-refractivity contribution in [2.24, 2.45) is 0 Å². The van der Waals surface area contributed by atoms with Crippen LogP contribution in [0.15, 0.2) is 54.6 Å². The minimum atomic E-state index is -3.74. The van der Waals surface area contributed by atoms with Crippen molar-refractivity contribution in [3.05, 3.63) is 65.7 Å². The quantitative estimate of drug-likeness (QED) is 0.430. The number of anilines is 1. The normalized spacial score (nSPS) is 13.2. The van der Waals surface area contributed by atoms with E-state index in [1.54, 1.807) is 12.1 Å². The summed E-state index contributed by atoms with van der Waals surface area (Å²) in [4.78, 5) is 28.3. The Labute approximate surface area is 216 Å². The molecule has 198 valence electrons. The van der Waals surface area contributed by atoms with Gasteiger partial charge in [0.2, 0.25) is 21.8 Å². The molecule has 2 aromatic carbocycles. The molecule has 0 spiro atoms. The van der Waals surface area contributed by atoms with E-state index >= 15 is 0 Å². The van der Waals surface area contributed by atoms with Gasteiger partial charge >= 0.3 is 0 Å². The van der Waals surface area contributed by atoms with Crippen molar-refractivity contribution < 1.29 is 18.0 Å². The molecule has 0 bridgehead atoms. The Bertz CT molecular complexity index is 1090. The molecule has 1 N–H and O–H groups in total. The highest BCUT2D eigenvalue weighted by atomic mass is 32.2. The first-order valence-electron chi connectivity index (χ1n) is 12.7. The van der Waals surface area contributed by atoms with E-state index in [2.05, 4.69) is 19.2 Å². The second-order valence-corrected chi connectivity index (χ2v) is 11.5. The van der Waals surface area contributed by atoms with Crippen LogP contribution in [0.2, 0.25) is 0 Å².